The molecule has 6 nitrogen and oxygen atoms in total. The van der Waals surface area contributed by atoms with E-state index in [4.69, 9.17) is 9.47 Å². The van der Waals surface area contributed by atoms with Crippen LogP contribution < -0.4 is 10.2 Å². The first-order chi connectivity index (χ1) is 22.9. The molecule has 0 radical (unpaired) electrons. The summed E-state index contributed by atoms with van der Waals surface area (Å²) < 4.78 is 27.8. The number of hydrogen-bond donors (Lipinski definition) is 1. The molecule has 1 N–H and O–H groups in total. The summed E-state index contributed by atoms with van der Waals surface area (Å²) in [5.41, 5.74) is 3.15. The third-order valence-corrected chi connectivity index (χ3v) is 8.64. The van der Waals surface area contributed by atoms with Gasteiger partial charge in [-0.25, -0.2) is 4.39 Å². The lowest BCUT2D eigenvalue weighted by Gasteiger charge is -2.38. The number of rotatable bonds is 12. The largest absolute Gasteiger partial charge is 0.465 e. The van der Waals surface area contributed by atoms with Gasteiger partial charge in [-0.1, -0.05) is 115 Å². The summed E-state index contributed by atoms with van der Waals surface area (Å²) in [6.07, 6.45) is 0. The van der Waals surface area contributed by atoms with E-state index in [-0.39, 0.29) is 25.3 Å². The zero-order chi connectivity index (χ0) is 32.8. The fourth-order valence-electron chi connectivity index (χ4n) is 6.27. The van der Waals surface area contributed by atoms with Crippen molar-refractivity contribution in [3.8, 4) is 0 Å². The third-order valence-electron chi connectivity index (χ3n) is 8.64. The smallest absolute Gasteiger partial charge is 0.327 e. The lowest BCUT2D eigenvalue weighted by atomic mass is 9.85. The molecule has 0 unspecified atom stereocenters. The second-order valence-electron chi connectivity index (χ2n) is 11.6. The summed E-state index contributed by atoms with van der Waals surface area (Å²) in [5, 5.41) is 3.51. The van der Waals surface area contributed by atoms with Crippen LogP contribution in [0.1, 0.15) is 46.3 Å². The number of aryl methyl sites for hydroxylation is 1. The number of ether oxygens (including phenoxy) is 2. The van der Waals surface area contributed by atoms with Crippen LogP contribution in [0.15, 0.2) is 133 Å². The highest BCUT2D eigenvalue weighted by molar-refractivity contribution is 6.10. The van der Waals surface area contributed by atoms with Crippen molar-refractivity contribution >= 4 is 17.6 Å². The van der Waals surface area contributed by atoms with Gasteiger partial charge in [0.05, 0.1) is 31.5 Å². The Morgan fingerprint density at radius 1 is 0.830 bits per heavy atom. The highest BCUT2D eigenvalue weighted by Gasteiger charge is 2.60. The molecule has 2 atom stereocenters. The summed E-state index contributed by atoms with van der Waals surface area (Å²) in [7, 11) is 0. The zero-order valence-corrected chi connectivity index (χ0v) is 26.4. The Morgan fingerprint density at radius 2 is 1.43 bits per heavy atom. The van der Waals surface area contributed by atoms with Crippen molar-refractivity contribution in [3.05, 3.63) is 173 Å². The predicted octanol–water partition coefficient (Wildman–Crippen LogP) is 7.40. The SMILES string of the molecule is CCOC(=O)[C@@H](NC(c1ccccc1)c1ccccc1)[C@]1(OCc2ccccc2C)C(=O)N(Cc2ccccc2)c2ccc(F)cc21. The number of nitrogens with zero attached hydrogens (tertiary/aromatic N) is 1. The highest BCUT2D eigenvalue weighted by atomic mass is 19.1. The second kappa shape index (κ2) is 14.1. The number of amides is 1. The van der Waals surface area contributed by atoms with Gasteiger partial charge in [-0.15, -0.1) is 0 Å². The molecule has 0 saturated carbocycles. The monoisotopic (exact) mass is 628 g/mol. The number of carbonyl (C=O) groups is 2. The molecule has 5 aromatic rings. The molecular weight excluding hydrogens is 591 g/mol. The molecule has 0 bridgehead atoms. The van der Waals surface area contributed by atoms with Crippen molar-refractivity contribution in [1.29, 1.82) is 0 Å². The van der Waals surface area contributed by atoms with Crippen LogP contribution in [0.25, 0.3) is 0 Å². The van der Waals surface area contributed by atoms with Gasteiger partial charge in [-0.2, -0.15) is 0 Å². The van der Waals surface area contributed by atoms with Gasteiger partial charge >= 0.3 is 5.97 Å². The lowest BCUT2D eigenvalue weighted by Crippen LogP contribution is -2.60. The van der Waals surface area contributed by atoms with E-state index in [1.165, 1.54) is 12.1 Å². The zero-order valence-electron chi connectivity index (χ0n) is 26.4. The van der Waals surface area contributed by atoms with Crippen molar-refractivity contribution in [2.45, 2.75) is 44.7 Å². The van der Waals surface area contributed by atoms with E-state index in [0.717, 1.165) is 27.8 Å². The molecule has 0 aliphatic carbocycles. The number of fused-ring (bicyclic) bond motifs is 1. The van der Waals surface area contributed by atoms with Crippen LogP contribution in [-0.4, -0.2) is 24.5 Å². The number of anilines is 1. The van der Waals surface area contributed by atoms with Gasteiger partial charge in [0.2, 0.25) is 5.60 Å². The van der Waals surface area contributed by atoms with Gasteiger partial charge in [0, 0.05) is 5.56 Å². The molecule has 1 heterocycles. The quantitative estimate of drug-likeness (QED) is 0.146. The normalized spacial score (nSPS) is 16.3. The van der Waals surface area contributed by atoms with Crippen molar-refractivity contribution < 1.29 is 23.5 Å². The van der Waals surface area contributed by atoms with Crippen molar-refractivity contribution in [1.82, 2.24) is 5.32 Å². The Balaban J connectivity index is 1.55. The molecule has 7 heteroatoms. The molecule has 0 spiro atoms. The molecule has 47 heavy (non-hydrogen) atoms. The van der Waals surface area contributed by atoms with E-state index in [1.807, 2.05) is 122 Å². The van der Waals surface area contributed by atoms with Gasteiger partial charge in [0.15, 0.2) is 0 Å². The number of halogens is 1. The lowest BCUT2D eigenvalue weighted by molar-refractivity contribution is -0.169. The third kappa shape index (κ3) is 6.45. The Bertz CT molecular complexity index is 1790. The molecule has 238 valence electrons. The maximum Gasteiger partial charge on any atom is 0.327 e. The number of nitrogens with one attached hydrogen (secondary N) is 1. The van der Waals surface area contributed by atoms with Crippen LogP contribution in [0.2, 0.25) is 0 Å². The average molecular weight is 629 g/mol. The van der Waals surface area contributed by atoms with Crippen LogP contribution in [0, 0.1) is 12.7 Å². The van der Waals surface area contributed by atoms with E-state index < -0.39 is 35.4 Å². The number of esters is 1. The first-order valence-electron chi connectivity index (χ1n) is 15.8. The number of benzene rings is 5. The van der Waals surface area contributed by atoms with Crippen LogP contribution >= 0.6 is 0 Å². The van der Waals surface area contributed by atoms with E-state index in [1.54, 1.807) is 17.9 Å². The summed E-state index contributed by atoms with van der Waals surface area (Å²) in [5.74, 6) is -1.72. The van der Waals surface area contributed by atoms with Crippen molar-refractivity contribution in [3.63, 3.8) is 0 Å². The average Bonchev–Trinajstić information content (AvgIpc) is 3.32. The van der Waals surface area contributed by atoms with E-state index in [9.17, 15) is 4.79 Å². The minimum atomic E-state index is -1.98. The van der Waals surface area contributed by atoms with Crippen LogP contribution in [0.4, 0.5) is 10.1 Å². The van der Waals surface area contributed by atoms with Gasteiger partial charge < -0.3 is 14.4 Å². The van der Waals surface area contributed by atoms with E-state index in [2.05, 4.69) is 5.32 Å². The van der Waals surface area contributed by atoms with Crippen LogP contribution in [0.3, 0.4) is 0 Å². The van der Waals surface area contributed by atoms with Gasteiger partial charge in [0.25, 0.3) is 5.91 Å². The summed E-state index contributed by atoms with van der Waals surface area (Å²) in [6, 6.07) is 38.9. The van der Waals surface area contributed by atoms with Crippen molar-refractivity contribution in [2.24, 2.45) is 0 Å². The molecular formula is C40H37FN2O4. The molecule has 6 rings (SSSR count). The summed E-state index contributed by atoms with van der Waals surface area (Å²) in [4.78, 5) is 31.0. The molecule has 0 saturated heterocycles. The number of hydrogen-bond acceptors (Lipinski definition) is 5. The van der Waals surface area contributed by atoms with E-state index >= 15 is 9.18 Å². The van der Waals surface area contributed by atoms with Gasteiger partial charge in [0.1, 0.15) is 11.9 Å². The maximum absolute atomic E-state index is 15.3. The summed E-state index contributed by atoms with van der Waals surface area (Å²) >= 11 is 0. The molecule has 1 aliphatic heterocycles. The highest BCUT2D eigenvalue weighted by Crippen LogP contribution is 2.48. The molecule has 1 amide bonds. The van der Waals surface area contributed by atoms with Crippen LogP contribution in [-0.2, 0) is 37.8 Å². The minimum absolute atomic E-state index is 0.00747. The van der Waals surface area contributed by atoms with Crippen molar-refractivity contribution in [2.75, 3.05) is 11.5 Å². The molecule has 5 aromatic carbocycles. The van der Waals surface area contributed by atoms with Gasteiger partial charge in [-0.3, -0.25) is 14.9 Å². The molecule has 0 aromatic heterocycles. The van der Waals surface area contributed by atoms with E-state index in [0.29, 0.717) is 5.69 Å². The Kier molecular flexibility index (Phi) is 9.57. The van der Waals surface area contributed by atoms with Crippen LogP contribution in [0.5, 0.6) is 0 Å². The fraction of sp³-hybridized carbons (Fsp3) is 0.200. The Hall–Kier alpha value is -5.11. The minimum Gasteiger partial charge on any atom is -0.465 e. The maximum atomic E-state index is 15.3. The first-order valence-corrected chi connectivity index (χ1v) is 15.8. The predicted molar refractivity (Wildman–Crippen MR) is 180 cm³/mol. The topological polar surface area (TPSA) is 67.9 Å². The first kappa shape index (κ1) is 31.9. The number of carbonyl (C=O) groups excluding carboxylic acids is 2. The fourth-order valence-corrected chi connectivity index (χ4v) is 6.27. The van der Waals surface area contributed by atoms with Gasteiger partial charge in [-0.05, 0) is 59.9 Å². The Labute approximate surface area is 274 Å². The second-order valence-corrected chi connectivity index (χ2v) is 11.6. The molecule has 1 aliphatic rings. The Morgan fingerprint density at radius 3 is 2.04 bits per heavy atom. The molecule has 0 fully saturated rings. The standard InChI is InChI=1S/C40H37FN2O4/c1-3-46-38(44)37(42-36(30-18-9-5-10-19-30)31-20-11-6-12-21-31)40(47-27-32-22-14-13-15-28(32)2)34-25-33(41)23-24-35(34)43(39(40)45)26-29-16-7-4-8-17-29/h4-25,36-37,42H,3,26-27H2,1-2H3/t37-,40+/m1/s1. The summed E-state index contributed by atoms with van der Waals surface area (Å²) in [6.45, 7) is 3.94.